The second kappa shape index (κ2) is 8.02. The number of aromatic nitrogens is 4. The topological polar surface area (TPSA) is 64.7 Å². The number of carbonyl (C=O) groups excluding carboxylic acids is 1. The highest BCUT2D eigenvalue weighted by molar-refractivity contribution is 7.99. The Morgan fingerprint density at radius 1 is 1.08 bits per heavy atom. The number of aryl methyl sites for hydroxylation is 2. The van der Waals surface area contributed by atoms with Gasteiger partial charge in [0, 0.05) is 24.5 Å². The van der Waals surface area contributed by atoms with Crippen molar-refractivity contribution in [3.8, 4) is 0 Å². The summed E-state index contributed by atoms with van der Waals surface area (Å²) >= 11 is 1.38. The maximum absolute atomic E-state index is 12.3. The fraction of sp³-hybridized carbons (Fsp3) is 0.278. The number of anilines is 1. The van der Waals surface area contributed by atoms with Crippen molar-refractivity contribution in [2.75, 3.05) is 11.1 Å². The molecule has 0 saturated carbocycles. The Morgan fingerprint density at radius 2 is 1.84 bits per heavy atom. The van der Waals surface area contributed by atoms with Gasteiger partial charge in [0.05, 0.1) is 5.75 Å². The predicted molar refractivity (Wildman–Crippen MR) is 99.8 cm³/mol. The van der Waals surface area contributed by atoms with Crippen LogP contribution in [0.5, 0.6) is 0 Å². The first kappa shape index (κ1) is 17.3. The number of para-hydroxylation sites is 1. The zero-order chi connectivity index (χ0) is 17.6. The molecule has 0 bridgehead atoms. The van der Waals surface area contributed by atoms with Crippen molar-refractivity contribution in [2.45, 2.75) is 31.8 Å². The smallest absolute Gasteiger partial charge is 0.234 e. The SMILES string of the molecule is CCc1ccccc1NC(=O)CSc1nnc(CC)n1-n1cccc1. The van der Waals surface area contributed by atoms with E-state index in [0.717, 1.165) is 29.9 Å². The molecule has 130 valence electrons. The molecule has 0 spiro atoms. The van der Waals surface area contributed by atoms with Crippen LogP contribution >= 0.6 is 11.8 Å². The molecule has 0 fully saturated rings. The quantitative estimate of drug-likeness (QED) is 0.661. The van der Waals surface area contributed by atoms with E-state index in [1.165, 1.54) is 11.8 Å². The van der Waals surface area contributed by atoms with E-state index in [0.29, 0.717) is 5.16 Å². The van der Waals surface area contributed by atoms with E-state index < -0.39 is 0 Å². The normalized spacial score (nSPS) is 10.8. The molecular formula is C18H21N5OS. The monoisotopic (exact) mass is 355 g/mol. The number of nitrogens with zero attached hydrogens (tertiary/aromatic N) is 4. The lowest BCUT2D eigenvalue weighted by atomic mass is 10.1. The lowest BCUT2D eigenvalue weighted by molar-refractivity contribution is -0.113. The number of rotatable bonds is 7. The van der Waals surface area contributed by atoms with Gasteiger partial charge in [0.15, 0.2) is 5.82 Å². The van der Waals surface area contributed by atoms with E-state index in [1.54, 1.807) is 0 Å². The van der Waals surface area contributed by atoms with Gasteiger partial charge >= 0.3 is 0 Å². The van der Waals surface area contributed by atoms with E-state index in [4.69, 9.17) is 0 Å². The molecule has 0 unspecified atom stereocenters. The summed E-state index contributed by atoms with van der Waals surface area (Å²) in [7, 11) is 0. The molecule has 1 N–H and O–H groups in total. The van der Waals surface area contributed by atoms with Gasteiger partial charge in [0.2, 0.25) is 11.1 Å². The lowest BCUT2D eigenvalue weighted by Gasteiger charge is -2.11. The second-order valence-corrected chi connectivity index (χ2v) is 6.42. The van der Waals surface area contributed by atoms with Crippen LogP contribution in [0, 0.1) is 0 Å². The maximum Gasteiger partial charge on any atom is 0.234 e. The lowest BCUT2D eigenvalue weighted by Crippen LogP contribution is -2.17. The molecule has 6 nitrogen and oxygen atoms in total. The summed E-state index contributed by atoms with van der Waals surface area (Å²) in [6, 6.07) is 11.8. The van der Waals surface area contributed by atoms with Crippen LogP contribution in [0.2, 0.25) is 0 Å². The van der Waals surface area contributed by atoms with Crippen LogP contribution in [0.25, 0.3) is 0 Å². The molecule has 3 rings (SSSR count). The van der Waals surface area contributed by atoms with Crippen LogP contribution in [-0.4, -0.2) is 31.2 Å². The van der Waals surface area contributed by atoms with Gasteiger partial charge in [-0.1, -0.05) is 43.8 Å². The number of benzene rings is 1. The predicted octanol–water partition coefficient (Wildman–Crippen LogP) is 3.25. The first-order valence-corrected chi connectivity index (χ1v) is 9.30. The molecule has 25 heavy (non-hydrogen) atoms. The molecule has 7 heteroatoms. The van der Waals surface area contributed by atoms with Gasteiger partial charge < -0.3 is 5.32 Å². The van der Waals surface area contributed by atoms with Crippen molar-refractivity contribution >= 4 is 23.4 Å². The minimum absolute atomic E-state index is 0.0500. The van der Waals surface area contributed by atoms with Crippen LogP contribution < -0.4 is 5.32 Å². The molecule has 3 aromatic rings. The fourth-order valence-corrected chi connectivity index (χ4v) is 3.32. The van der Waals surface area contributed by atoms with Crippen LogP contribution in [-0.2, 0) is 17.6 Å². The van der Waals surface area contributed by atoms with Gasteiger partial charge in [0.25, 0.3) is 0 Å². The van der Waals surface area contributed by atoms with Crippen molar-refractivity contribution in [2.24, 2.45) is 0 Å². The molecular weight excluding hydrogens is 334 g/mol. The average molecular weight is 355 g/mol. The summed E-state index contributed by atoms with van der Waals surface area (Å²) in [5, 5.41) is 12.1. The molecule has 0 radical (unpaired) electrons. The maximum atomic E-state index is 12.3. The third-order valence-corrected chi connectivity index (χ3v) is 4.74. The largest absolute Gasteiger partial charge is 0.325 e. The molecule has 0 atom stereocenters. The molecule has 0 aliphatic rings. The van der Waals surface area contributed by atoms with Crippen LogP contribution in [0.15, 0.2) is 53.9 Å². The first-order valence-electron chi connectivity index (χ1n) is 8.31. The fourth-order valence-electron chi connectivity index (χ4n) is 2.56. The minimum Gasteiger partial charge on any atom is -0.325 e. The number of hydrogen-bond acceptors (Lipinski definition) is 4. The first-order chi connectivity index (χ1) is 12.2. The van der Waals surface area contributed by atoms with Gasteiger partial charge in [-0.3, -0.25) is 9.47 Å². The summed E-state index contributed by atoms with van der Waals surface area (Å²) in [5.41, 5.74) is 2.00. The van der Waals surface area contributed by atoms with Crippen molar-refractivity contribution in [1.29, 1.82) is 0 Å². The van der Waals surface area contributed by atoms with Crippen molar-refractivity contribution < 1.29 is 4.79 Å². The number of amides is 1. The third kappa shape index (κ3) is 3.93. The van der Waals surface area contributed by atoms with Gasteiger partial charge in [-0.15, -0.1) is 10.2 Å². The number of thioether (sulfide) groups is 1. The van der Waals surface area contributed by atoms with Crippen LogP contribution in [0.3, 0.4) is 0 Å². The van der Waals surface area contributed by atoms with Gasteiger partial charge in [0.1, 0.15) is 0 Å². The Kier molecular flexibility index (Phi) is 5.55. The van der Waals surface area contributed by atoms with E-state index in [-0.39, 0.29) is 11.7 Å². The Balaban J connectivity index is 1.70. The Morgan fingerprint density at radius 3 is 2.56 bits per heavy atom. The van der Waals surface area contributed by atoms with Crippen LogP contribution in [0.4, 0.5) is 5.69 Å². The molecule has 1 amide bonds. The molecule has 1 aromatic carbocycles. The van der Waals surface area contributed by atoms with Gasteiger partial charge in [-0.05, 0) is 30.2 Å². The number of hydrogen-bond donors (Lipinski definition) is 1. The van der Waals surface area contributed by atoms with E-state index in [1.807, 2.05) is 65.1 Å². The highest BCUT2D eigenvalue weighted by atomic mass is 32.2. The molecule has 2 heterocycles. The third-order valence-electron chi connectivity index (χ3n) is 3.82. The summed E-state index contributed by atoms with van der Waals surface area (Å²) in [5.74, 6) is 1.09. The van der Waals surface area contributed by atoms with E-state index >= 15 is 0 Å². The zero-order valence-corrected chi connectivity index (χ0v) is 15.2. The van der Waals surface area contributed by atoms with Crippen LogP contribution in [0.1, 0.15) is 25.2 Å². The summed E-state index contributed by atoms with van der Waals surface area (Å²) in [6.45, 7) is 4.11. The summed E-state index contributed by atoms with van der Waals surface area (Å²) in [4.78, 5) is 12.3. The molecule has 0 aliphatic heterocycles. The van der Waals surface area contributed by atoms with Crippen molar-refractivity contribution in [1.82, 2.24) is 19.5 Å². The Labute approximate surface area is 151 Å². The average Bonchev–Trinajstić information content (AvgIpc) is 3.29. The minimum atomic E-state index is -0.0500. The summed E-state index contributed by atoms with van der Waals surface area (Å²) < 4.78 is 3.85. The molecule has 2 aromatic heterocycles. The molecule has 0 saturated heterocycles. The zero-order valence-electron chi connectivity index (χ0n) is 14.3. The summed E-state index contributed by atoms with van der Waals surface area (Å²) in [6.07, 6.45) is 5.52. The highest BCUT2D eigenvalue weighted by Gasteiger charge is 2.14. The highest BCUT2D eigenvalue weighted by Crippen LogP contribution is 2.20. The standard InChI is InChI=1S/C18H21N5OS/c1-3-14-9-5-6-10-15(14)19-17(24)13-25-18-21-20-16(4-2)23(18)22-11-7-8-12-22/h5-12H,3-4,13H2,1-2H3,(H,19,24). The van der Waals surface area contributed by atoms with E-state index in [9.17, 15) is 4.79 Å². The Bertz CT molecular complexity index is 841. The van der Waals surface area contributed by atoms with E-state index in [2.05, 4.69) is 22.4 Å². The van der Waals surface area contributed by atoms with Gasteiger partial charge in [-0.25, -0.2) is 4.68 Å². The van der Waals surface area contributed by atoms with Crippen molar-refractivity contribution in [3.05, 3.63) is 60.2 Å². The second-order valence-electron chi connectivity index (χ2n) is 5.47. The van der Waals surface area contributed by atoms with Gasteiger partial charge in [-0.2, -0.15) is 0 Å². The van der Waals surface area contributed by atoms with Crippen molar-refractivity contribution in [3.63, 3.8) is 0 Å². The Hall–Kier alpha value is -2.54. The number of nitrogens with one attached hydrogen (secondary N) is 1. The molecule has 0 aliphatic carbocycles. The number of carbonyl (C=O) groups is 1.